The van der Waals surface area contributed by atoms with Crippen LogP contribution in [0.5, 0.6) is 5.75 Å². The minimum Gasteiger partial charge on any atom is -0.496 e. The van der Waals surface area contributed by atoms with Gasteiger partial charge in [-0.05, 0) is 67.0 Å². The molecule has 0 unspecified atom stereocenters. The van der Waals surface area contributed by atoms with Gasteiger partial charge in [0.2, 0.25) is 11.8 Å². The van der Waals surface area contributed by atoms with Crippen molar-refractivity contribution in [1.29, 1.82) is 0 Å². The minimum absolute atomic E-state index is 0.0164. The molecule has 4 aromatic rings. The Morgan fingerprint density at radius 2 is 1.46 bits per heavy atom. The van der Waals surface area contributed by atoms with Gasteiger partial charge in [0.15, 0.2) is 6.04 Å². The van der Waals surface area contributed by atoms with Gasteiger partial charge in [-0.3, -0.25) is 14.4 Å². The van der Waals surface area contributed by atoms with Crippen molar-refractivity contribution in [1.82, 2.24) is 15.5 Å². The Labute approximate surface area is 293 Å². The summed E-state index contributed by atoms with van der Waals surface area (Å²) in [6.07, 6.45) is 2.07. The third-order valence-electron chi connectivity index (χ3n) is 9.98. The SMILES string of the molecule is CCOC(=O)[C@@H](NC(=O)[C@@]1(c2ccccc2)CC[C@H](C(=O)N2CCC(NC(=O)c3ccccc3OC)CC2)c2ccccc21)c1ccccc1. The van der Waals surface area contributed by atoms with Gasteiger partial charge in [0.05, 0.1) is 30.6 Å². The van der Waals surface area contributed by atoms with E-state index >= 15 is 0 Å². The Hall–Kier alpha value is -5.44. The molecule has 6 rings (SSSR count). The number of rotatable bonds is 10. The number of esters is 1. The average molecular weight is 674 g/mol. The zero-order valence-electron chi connectivity index (χ0n) is 28.5. The Bertz CT molecular complexity index is 1820. The largest absolute Gasteiger partial charge is 0.496 e. The molecule has 258 valence electrons. The predicted octanol–water partition coefficient (Wildman–Crippen LogP) is 5.70. The number of nitrogens with zero attached hydrogens (tertiary/aromatic N) is 1. The van der Waals surface area contributed by atoms with Crippen LogP contribution in [0.4, 0.5) is 0 Å². The van der Waals surface area contributed by atoms with Crippen LogP contribution < -0.4 is 15.4 Å². The van der Waals surface area contributed by atoms with Crippen LogP contribution in [-0.2, 0) is 24.5 Å². The van der Waals surface area contributed by atoms with Crippen molar-refractivity contribution in [2.45, 2.75) is 56.0 Å². The van der Waals surface area contributed by atoms with E-state index in [1.165, 1.54) is 0 Å². The van der Waals surface area contributed by atoms with E-state index in [1.54, 1.807) is 44.4 Å². The Morgan fingerprint density at radius 3 is 2.16 bits per heavy atom. The van der Waals surface area contributed by atoms with Gasteiger partial charge in [0.1, 0.15) is 5.75 Å². The lowest BCUT2D eigenvalue weighted by Gasteiger charge is -2.43. The Morgan fingerprint density at radius 1 is 0.820 bits per heavy atom. The van der Waals surface area contributed by atoms with Crippen LogP contribution in [0.3, 0.4) is 0 Å². The zero-order valence-corrected chi connectivity index (χ0v) is 28.5. The highest BCUT2D eigenvalue weighted by Crippen LogP contribution is 2.48. The summed E-state index contributed by atoms with van der Waals surface area (Å²) in [5.41, 5.74) is 2.31. The quantitative estimate of drug-likeness (QED) is 0.209. The molecule has 1 fully saturated rings. The van der Waals surface area contributed by atoms with Crippen molar-refractivity contribution >= 4 is 23.7 Å². The van der Waals surface area contributed by atoms with Crippen molar-refractivity contribution in [2.24, 2.45) is 0 Å². The second kappa shape index (κ2) is 15.4. The number of carbonyl (C=O) groups excluding carboxylic acids is 4. The van der Waals surface area contributed by atoms with Crippen LogP contribution in [0, 0.1) is 0 Å². The third kappa shape index (κ3) is 6.85. The molecule has 2 N–H and O–H groups in total. The lowest BCUT2D eigenvalue weighted by atomic mass is 9.62. The fourth-order valence-electron chi connectivity index (χ4n) is 7.45. The summed E-state index contributed by atoms with van der Waals surface area (Å²) in [4.78, 5) is 57.1. The molecule has 4 aromatic carbocycles. The monoisotopic (exact) mass is 673 g/mol. The molecule has 2 aliphatic rings. The van der Waals surface area contributed by atoms with E-state index in [4.69, 9.17) is 9.47 Å². The molecule has 3 atom stereocenters. The van der Waals surface area contributed by atoms with Crippen molar-refractivity contribution < 1.29 is 28.7 Å². The molecule has 9 nitrogen and oxygen atoms in total. The lowest BCUT2D eigenvalue weighted by molar-refractivity contribution is -0.148. The summed E-state index contributed by atoms with van der Waals surface area (Å²) >= 11 is 0. The second-order valence-corrected chi connectivity index (χ2v) is 12.8. The molecule has 0 radical (unpaired) electrons. The number of benzene rings is 4. The minimum atomic E-state index is -1.15. The standard InChI is InChI=1S/C41H43N3O6/c1-3-50-39(47)36(28-14-6-4-7-15-28)43-40(48)41(29-16-8-5-9-17-29)25-22-32(31-18-10-12-20-34(31)41)38(46)44-26-23-30(24-27-44)42-37(45)33-19-11-13-21-35(33)49-2/h4-21,30,32,36H,3,22-27H2,1-2H3,(H,42,45)(H,43,48)/t32-,36-,41+/m0/s1. The molecule has 1 aliphatic carbocycles. The van der Waals surface area contributed by atoms with Crippen molar-refractivity contribution in [2.75, 3.05) is 26.8 Å². The van der Waals surface area contributed by atoms with E-state index in [2.05, 4.69) is 10.6 Å². The summed E-state index contributed by atoms with van der Waals surface area (Å²) in [6, 6.07) is 32.4. The highest BCUT2D eigenvalue weighted by molar-refractivity contribution is 5.98. The topological polar surface area (TPSA) is 114 Å². The van der Waals surface area contributed by atoms with E-state index in [0.29, 0.717) is 55.6 Å². The van der Waals surface area contributed by atoms with Crippen LogP contribution in [0.1, 0.15) is 77.2 Å². The van der Waals surface area contributed by atoms with E-state index in [0.717, 1.165) is 16.7 Å². The van der Waals surface area contributed by atoms with Gasteiger partial charge in [-0.1, -0.05) is 97.1 Å². The van der Waals surface area contributed by atoms with E-state index < -0.39 is 23.3 Å². The average Bonchev–Trinajstić information content (AvgIpc) is 3.17. The van der Waals surface area contributed by atoms with Crippen molar-refractivity contribution in [3.05, 3.63) is 137 Å². The van der Waals surface area contributed by atoms with E-state index in [-0.39, 0.29) is 30.4 Å². The Kier molecular flexibility index (Phi) is 10.6. The normalized spacial score (nSPS) is 19.4. The molecule has 0 bridgehead atoms. The zero-order chi connectivity index (χ0) is 35.1. The molecule has 9 heteroatoms. The summed E-state index contributed by atoms with van der Waals surface area (Å²) < 4.78 is 10.8. The highest BCUT2D eigenvalue weighted by atomic mass is 16.5. The number of carbonyl (C=O) groups is 4. The van der Waals surface area contributed by atoms with E-state index in [9.17, 15) is 19.2 Å². The molecule has 0 saturated carbocycles. The molecular formula is C41H43N3O6. The smallest absolute Gasteiger partial charge is 0.333 e. The number of amides is 3. The summed E-state index contributed by atoms with van der Waals surface area (Å²) in [7, 11) is 1.54. The van der Waals surface area contributed by atoms with Gasteiger partial charge < -0.3 is 25.0 Å². The number of methoxy groups -OCH3 is 1. The van der Waals surface area contributed by atoms with Gasteiger partial charge in [0, 0.05) is 19.1 Å². The molecule has 0 aromatic heterocycles. The molecule has 50 heavy (non-hydrogen) atoms. The lowest BCUT2D eigenvalue weighted by Crippen LogP contribution is -2.52. The molecule has 1 saturated heterocycles. The number of likely N-dealkylation sites (tertiary alicyclic amines) is 1. The fraction of sp³-hybridized carbons (Fsp3) is 0.317. The van der Waals surface area contributed by atoms with Crippen LogP contribution >= 0.6 is 0 Å². The Balaban J connectivity index is 1.24. The fourth-order valence-corrected chi connectivity index (χ4v) is 7.45. The van der Waals surface area contributed by atoms with Crippen molar-refractivity contribution in [3.8, 4) is 5.75 Å². The van der Waals surface area contributed by atoms with Crippen LogP contribution in [0.15, 0.2) is 109 Å². The second-order valence-electron chi connectivity index (χ2n) is 12.8. The van der Waals surface area contributed by atoms with Crippen LogP contribution in [-0.4, -0.2) is 61.4 Å². The molecule has 1 heterocycles. The maximum absolute atomic E-state index is 14.8. The van der Waals surface area contributed by atoms with Gasteiger partial charge in [-0.15, -0.1) is 0 Å². The molecule has 1 aliphatic heterocycles. The summed E-state index contributed by atoms with van der Waals surface area (Å²) in [5, 5.41) is 6.18. The molecule has 3 amide bonds. The number of hydrogen-bond acceptors (Lipinski definition) is 6. The third-order valence-corrected chi connectivity index (χ3v) is 9.98. The first-order valence-corrected chi connectivity index (χ1v) is 17.3. The first kappa shape index (κ1) is 34.4. The molecule has 0 spiro atoms. The van der Waals surface area contributed by atoms with Crippen LogP contribution in [0.25, 0.3) is 0 Å². The number of piperidine rings is 1. The van der Waals surface area contributed by atoms with Gasteiger partial charge in [-0.2, -0.15) is 0 Å². The van der Waals surface area contributed by atoms with Crippen LogP contribution in [0.2, 0.25) is 0 Å². The summed E-state index contributed by atoms with van der Waals surface area (Å²) in [6.45, 7) is 2.94. The first-order chi connectivity index (χ1) is 24.4. The number of fused-ring (bicyclic) bond motifs is 1. The van der Waals surface area contributed by atoms with Crippen molar-refractivity contribution in [3.63, 3.8) is 0 Å². The number of para-hydroxylation sites is 1. The number of ether oxygens (including phenoxy) is 2. The first-order valence-electron chi connectivity index (χ1n) is 17.3. The predicted molar refractivity (Wildman–Crippen MR) is 190 cm³/mol. The van der Waals surface area contributed by atoms with E-state index in [1.807, 2.05) is 83.8 Å². The van der Waals surface area contributed by atoms with Gasteiger partial charge >= 0.3 is 5.97 Å². The number of nitrogens with one attached hydrogen (secondary N) is 2. The highest BCUT2D eigenvalue weighted by Gasteiger charge is 2.50. The molecular weight excluding hydrogens is 630 g/mol. The maximum atomic E-state index is 14.8. The van der Waals surface area contributed by atoms with Gasteiger partial charge in [-0.25, -0.2) is 4.79 Å². The number of hydrogen-bond donors (Lipinski definition) is 2. The maximum Gasteiger partial charge on any atom is 0.333 e. The summed E-state index contributed by atoms with van der Waals surface area (Å²) in [5.74, 6) is -0.953. The van der Waals surface area contributed by atoms with Gasteiger partial charge in [0.25, 0.3) is 5.91 Å².